The first-order valence-electron chi connectivity index (χ1n) is 16.5. The molecule has 8 heteroatoms. The molecule has 0 radical (unpaired) electrons. The zero-order valence-electron chi connectivity index (χ0n) is 29.0. The smallest absolute Gasteiger partial charge is 0.246 e. The average Bonchev–Trinajstić information content (AvgIpc) is 3.05. The molecule has 0 aliphatic carbocycles. The molecule has 2 atom stereocenters. The fourth-order valence-corrected chi connectivity index (χ4v) is 5.33. The van der Waals surface area contributed by atoms with E-state index in [0.29, 0.717) is 25.8 Å². The molecule has 0 aliphatic rings. The molecule has 0 fully saturated rings. The van der Waals surface area contributed by atoms with E-state index in [1.165, 1.54) is 15.9 Å². The van der Waals surface area contributed by atoms with E-state index < -0.39 is 17.6 Å². The van der Waals surface area contributed by atoms with Crippen LogP contribution in [-0.2, 0) is 27.2 Å². The molecule has 3 amide bonds. The molecule has 3 N–H and O–H groups in total. The second-order valence-electron chi connectivity index (χ2n) is 13.3. The number of hydrogen-bond donors (Lipinski definition) is 2. The van der Waals surface area contributed by atoms with Crippen LogP contribution in [0.25, 0.3) is 11.1 Å². The van der Waals surface area contributed by atoms with Crippen LogP contribution >= 0.6 is 0 Å². The molecular formula is C39H53N5O3. The quantitative estimate of drug-likeness (QED) is 0.161. The van der Waals surface area contributed by atoms with Crippen LogP contribution in [0.15, 0.2) is 97.1 Å². The lowest BCUT2D eigenvalue weighted by Crippen LogP contribution is -2.56. The largest absolute Gasteiger partial charge is 0.354 e. The number of nitrogens with zero attached hydrogens (tertiary/aromatic N) is 3. The van der Waals surface area contributed by atoms with Gasteiger partial charge in [-0.05, 0) is 82.1 Å². The monoisotopic (exact) mass is 639 g/mol. The maximum Gasteiger partial charge on any atom is 0.246 e. The van der Waals surface area contributed by atoms with Crippen LogP contribution in [0, 0.1) is 0 Å². The molecule has 47 heavy (non-hydrogen) atoms. The summed E-state index contributed by atoms with van der Waals surface area (Å²) in [6.45, 7) is 5.25. The van der Waals surface area contributed by atoms with Gasteiger partial charge in [-0.3, -0.25) is 14.4 Å². The number of hydrogen-bond acceptors (Lipinski definition) is 5. The second kappa shape index (κ2) is 18.2. The molecule has 8 nitrogen and oxygen atoms in total. The van der Waals surface area contributed by atoms with E-state index in [0.717, 1.165) is 41.6 Å². The Bertz CT molecular complexity index is 1430. The summed E-state index contributed by atoms with van der Waals surface area (Å²) in [5, 5.41) is 3.06. The van der Waals surface area contributed by atoms with E-state index in [1.807, 2.05) is 101 Å². The Morgan fingerprint density at radius 2 is 1.30 bits per heavy atom. The van der Waals surface area contributed by atoms with Gasteiger partial charge in [0.2, 0.25) is 17.7 Å². The summed E-state index contributed by atoms with van der Waals surface area (Å²) in [6, 6.07) is 26.3. The Balaban J connectivity index is 1.88. The summed E-state index contributed by atoms with van der Waals surface area (Å²) < 4.78 is 0. The van der Waals surface area contributed by atoms with Crippen LogP contribution in [0.1, 0.15) is 44.2 Å². The Morgan fingerprint density at radius 3 is 1.89 bits per heavy atom. The van der Waals surface area contributed by atoms with E-state index in [-0.39, 0.29) is 17.7 Å². The lowest BCUT2D eigenvalue weighted by atomic mass is 9.98. The van der Waals surface area contributed by atoms with Gasteiger partial charge in [0.1, 0.15) is 12.1 Å². The minimum absolute atomic E-state index is 0.209. The van der Waals surface area contributed by atoms with E-state index in [2.05, 4.69) is 22.3 Å². The Kier molecular flexibility index (Phi) is 14.4. The number of rotatable bonds is 17. The predicted molar refractivity (Wildman–Crippen MR) is 192 cm³/mol. The van der Waals surface area contributed by atoms with Crippen molar-refractivity contribution in [3.8, 4) is 11.1 Å². The number of benzene rings is 3. The highest BCUT2D eigenvalue weighted by molar-refractivity contribution is 5.95. The Morgan fingerprint density at radius 1 is 0.745 bits per heavy atom. The van der Waals surface area contributed by atoms with Crippen molar-refractivity contribution in [2.45, 2.75) is 63.6 Å². The number of nitrogens with two attached hydrogens (primary N) is 1. The highest BCUT2D eigenvalue weighted by Crippen LogP contribution is 2.21. The molecule has 0 aliphatic heterocycles. The first-order chi connectivity index (χ1) is 22.4. The summed E-state index contributed by atoms with van der Waals surface area (Å²) >= 11 is 0. The van der Waals surface area contributed by atoms with Gasteiger partial charge in [0.25, 0.3) is 0 Å². The van der Waals surface area contributed by atoms with Crippen molar-refractivity contribution >= 4 is 17.7 Å². The fraction of sp³-hybridized carbons (Fsp3) is 0.410. The normalized spacial score (nSPS) is 12.9. The molecule has 0 saturated carbocycles. The van der Waals surface area contributed by atoms with Crippen molar-refractivity contribution in [1.82, 2.24) is 20.0 Å². The lowest BCUT2D eigenvalue weighted by molar-refractivity contribution is -0.146. The molecule has 0 heterocycles. The third-order valence-electron chi connectivity index (χ3n) is 8.22. The third kappa shape index (κ3) is 12.5. The van der Waals surface area contributed by atoms with E-state index in [9.17, 15) is 14.4 Å². The Hall–Kier alpha value is -4.27. The number of nitrogens with one attached hydrogen (secondary N) is 1. The van der Waals surface area contributed by atoms with Crippen LogP contribution in [0.4, 0.5) is 0 Å². The van der Waals surface area contributed by atoms with Crippen molar-refractivity contribution in [2.75, 3.05) is 41.3 Å². The molecule has 3 aromatic rings. The molecule has 0 unspecified atom stereocenters. The SMILES string of the molecule is CN(C)CCCCNC(=O)[C@@H](Cc1ccccc1)N(C)C(=O)[C@@H](Cc1ccc(-c2ccccc2)cc1)N(C)C(=O)C=CCC(C)(C)N. The maximum absolute atomic E-state index is 14.4. The molecule has 3 aromatic carbocycles. The molecular weight excluding hydrogens is 586 g/mol. The number of likely N-dealkylation sites (N-methyl/N-ethyl adjacent to an activating group) is 2. The molecule has 0 bridgehead atoms. The topological polar surface area (TPSA) is 99.0 Å². The highest BCUT2D eigenvalue weighted by atomic mass is 16.2. The van der Waals surface area contributed by atoms with E-state index in [4.69, 9.17) is 5.73 Å². The lowest BCUT2D eigenvalue weighted by Gasteiger charge is -2.34. The molecule has 252 valence electrons. The average molecular weight is 640 g/mol. The van der Waals surface area contributed by atoms with Crippen LogP contribution in [-0.4, -0.2) is 91.3 Å². The molecule has 3 rings (SSSR count). The van der Waals surface area contributed by atoms with E-state index in [1.54, 1.807) is 20.2 Å². The second-order valence-corrected chi connectivity index (χ2v) is 13.3. The third-order valence-corrected chi connectivity index (χ3v) is 8.22. The van der Waals surface area contributed by atoms with Crippen LogP contribution in [0.5, 0.6) is 0 Å². The standard InChI is InChI=1S/C39H53N5O3/c1-39(2,40)25-15-20-36(45)43(5)35(29-31-21-23-33(24-22-31)32-18-11-8-12-19-32)38(47)44(6)34(28-30-16-9-7-10-17-30)37(46)41-26-13-14-27-42(3)4/h7-12,15-24,34-35H,13-14,25-29,40H2,1-6H3,(H,41,46)/t34-,35-/m1/s1. The minimum Gasteiger partial charge on any atom is -0.354 e. The van der Waals surface area contributed by atoms with Gasteiger partial charge in [0.05, 0.1) is 0 Å². The summed E-state index contributed by atoms with van der Waals surface area (Å²) in [7, 11) is 7.36. The van der Waals surface area contributed by atoms with Crippen molar-refractivity contribution in [3.63, 3.8) is 0 Å². The summed E-state index contributed by atoms with van der Waals surface area (Å²) in [4.78, 5) is 46.6. The highest BCUT2D eigenvalue weighted by Gasteiger charge is 2.34. The summed E-state index contributed by atoms with van der Waals surface area (Å²) in [6.07, 6.45) is 6.19. The van der Waals surface area contributed by atoms with E-state index >= 15 is 0 Å². The summed E-state index contributed by atoms with van der Waals surface area (Å²) in [5.74, 6) is -0.810. The van der Waals surface area contributed by atoms with Gasteiger partial charge < -0.3 is 25.8 Å². The number of amides is 3. The summed E-state index contributed by atoms with van der Waals surface area (Å²) in [5.41, 5.74) is 9.68. The van der Waals surface area contributed by atoms with Crippen molar-refractivity contribution < 1.29 is 14.4 Å². The van der Waals surface area contributed by atoms with Crippen molar-refractivity contribution in [3.05, 3.63) is 108 Å². The molecule has 0 spiro atoms. The van der Waals surface area contributed by atoms with Crippen molar-refractivity contribution in [2.24, 2.45) is 5.73 Å². The van der Waals surface area contributed by atoms with Gasteiger partial charge in [0.15, 0.2) is 0 Å². The zero-order valence-corrected chi connectivity index (χ0v) is 29.0. The minimum atomic E-state index is -0.836. The first kappa shape index (κ1) is 37.2. The molecule has 0 saturated heterocycles. The van der Waals surface area contributed by atoms with Gasteiger partial charge in [-0.25, -0.2) is 0 Å². The van der Waals surface area contributed by atoms with Crippen LogP contribution in [0.2, 0.25) is 0 Å². The Labute approximate surface area is 281 Å². The first-order valence-corrected chi connectivity index (χ1v) is 16.5. The van der Waals surface area contributed by atoms with Gasteiger partial charge in [-0.1, -0.05) is 91.0 Å². The number of carbonyl (C=O) groups is 3. The zero-order chi connectivity index (χ0) is 34.4. The van der Waals surface area contributed by atoms with Gasteiger partial charge in [-0.2, -0.15) is 0 Å². The van der Waals surface area contributed by atoms with Crippen molar-refractivity contribution in [1.29, 1.82) is 0 Å². The van der Waals surface area contributed by atoms with Crippen LogP contribution < -0.4 is 11.1 Å². The van der Waals surface area contributed by atoms with Crippen LogP contribution in [0.3, 0.4) is 0 Å². The number of carbonyl (C=O) groups excluding carboxylic acids is 3. The van der Waals surface area contributed by atoms with Gasteiger partial charge in [-0.15, -0.1) is 0 Å². The van der Waals surface area contributed by atoms with Gasteiger partial charge in [0, 0.05) is 39.0 Å². The maximum atomic E-state index is 14.4. The number of unbranched alkanes of at least 4 members (excludes halogenated alkanes) is 1. The predicted octanol–water partition coefficient (Wildman–Crippen LogP) is 4.93. The molecule has 0 aromatic heterocycles. The fourth-order valence-electron chi connectivity index (χ4n) is 5.33. The van der Waals surface area contributed by atoms with Gasteiger partial charge >= 0.3 is 0 Å².